The van der Waals surface area contributed by atoms with E-state index >= 15 is 0 Å². The molecule has 0 spiro atoms. The van der Waals surface area contributed by atoms with E-state index in [9.17, 15) is 0 Å². The van der Waals surface area contributed by atoms with Crippen molar-refractivity contribution in [2.45, 2.75) is 6.04 Å². The van der Waals surface area contributed by atoms with Crippen LogP contribution in [0, 0.1) is 0 Å². The molecule has 0 aliphatic carbocycles. The Morgan fingerprint density at radius 1 is 1.09 bits per heavy atom. The molecule has 33 heavy (non-hydrogen) atoms. The predicted octanol–water partition coefficient (Wildman–Crippen LogP) is 4.34. The van der Waals surface area contributed by atoms with Crippen LogP contribution in [-0.4, -0.2) is 55.2 Å². The standard InChI is InChI=1S/C15H16N4S.C10H13N3/c1-16-14-7-12-6-10(4-5-11(12)8-17-14)13-9-18-15(20-13)19(2)3;1-2-8-3-4-12-10(5-8)13-6-9(11)7-13/h4-9H,1-3H3,(H,16,17);2-5,9H,1,6-7,11H2. The Morgan fingerprint density at radius 2 is 1.91 bits per heavy atom. The molecule has 5 rings (SSSR count). The Morgan fingerprint density at radius 3 is 2.58 bits per heavy atom. The number of hydrogen-bond donors (Lipinski definition) is 2. The zero-order chi connectivity index (χ0) is 23.4. The fourth-order valence-electron chi connectivity index (χ4n) is 3.47. The van der Waals surface area contributed by atoms with Gasteiger partial charge in [-0.15, -0.1) is 0 Å². The van der Waals surface area contributed by atoms with Crippen LogP contribution in [-0.2, 0) is 0 Å². The number of rotatable bonds is 5. The summed E-state index contributed by atoms with van der Waals surface area (Å²) in [6.07, 6.45) is 7.45. The molecular formula is C25H29N7S. The molecular weight excluding hydrogens is 430 g/mol. The number of aromatic nitrogens is 3. The summed E-state index contributed by atoms with van der Waals surface area (Å²) < 4.78 is 0. The highest BCUT2D eigenvalue weighted by molar-refractivity contribution is 7.18. The van der Waals surface area contributed by atoms with Gasteiger partial charge in [0.1, 0.15) is 11.6 Å². The largest absolute Gasteiger partial charge is 0.373 e. The van der Waals surface area contributed by atoms with Crippen molar-refractivity contribution in [1.29, 1.82) is 0 Å². The zero-order valence-corrected chi connectivity index (χ0v) is 20.0. The fourth-order valence-corrected chi connectivity index (χ4v) is 4.30. The summed E-state index contributed by atoms with van der Waals surface area (Å²) in [7, 11) is 5.90. The first-order valence-electron chi connectivity index (χ1n) is 10.8. The molecule has 4 aromatic rings. The number of fused-ring (bicyclic) bond motifs is 1. The second-order valence-corrected chi connectivity index (χ2v) is 9.11. The summed E-state index contributed by atoms with van der Waals surface area (Å²) in [6.45, 7) is 5.54. The van der Waals surface area contributed by atoms with Gasteiger partial charge in [-0.25, -0.2) is 15.0 Å². The third-order valence-electron chi connectivity index (χ3n) is 5.38. The number of anilines is 3. The fraction of sp³-hybridized carbons (Fsp3) is 0.240. The van der Waals surface area contributed by atoms with E-state index in [2.05, 4.69) is 56.0 Å². The Bertz CT molecular complexity index is 1240. The topological polar surface area (TPSA) is 83.2 Å². The maximum atomic E-state index is 5.69. The van der Waals surface area contributed by atoms with E-state index < -0.39 is 0 Å². The van der Waals surface area contributed by atoms with E-state index in [0.29, 0.717) is 6.04 Å². The number of pyridine rings is 2. The van der Waals surface area contributed by atoms with E-state index in [0.717, 1.165) is 40.8 Å². The molecule has 0 radical (unpaired) electrons. The van der Waals surface area contributed by atoms with Crippen molar-refractivity contribution in [3.63, 3.8) is 0 Å². The van der Waals surface area contributed by atoms with Crippen molar-refractivity contribution in [1.82, 2.24) is 15.0 Å². The molecule has 1 fully saturated rings. The minimum absolute atomic E-state index is 0.314. The first-order chi connectivity index (χ1) is 16.0. The monoisotopic (exact) mass is 459 g/mol. The Balaban J connectivity index is 0.000000172. The molecule has 1 saturated heterocycles. The minimum atomic E-state index is 0.314. The molecule has 3 N–H and O–H groups in total. The number of benzene rings is 1. The number of nitrogens with zero attached hydrogens (tertiary/aromatic N) is 5. The van der Waals surface area contributed by atoms with Gasteiger partial charge in [-0.3, -0.25) is 0 Å². The van der Waals surface area contributed by atoms with Gasteiger partial charge in [-0.1, -0.05) is 36.1 Å². The van der Waals surface area contributed by atoms with Gasteiger partial charge < -0.3 is 20.9 Å². The van der Waals surface area contributed by atoms with Crippen LogP contribution in [0.15, 0.2) is 61.6 Å². The van der Waals surface area contributed by atoms with Crippen molar-refractivity contribution in [2.24, 2.45) is 5.73 Å². The molecule has 0 bridgehead atoms. The maximum Gasteiger partial charge on any atom is 0.185 e. The molecule has 0 atom stereocenters. The average Bonchev–Trinajstić information content (AvgIpc) is 3.32. The summed E-state index contributed by atoms with van der Waals surface area (Å²) >= 11 is 1.70. The van der Waals surface area contributed by atoms with Crippen molar-refractivity contribution in [2.75, 3.05) is 49.3 Å². The van der Waals surface area contributed by atoms with Gasteiger partial charge in [0.15, 0.2) is 5.13 Å². The van der Waals surface area contributed by atoms with Crippen LogP contribution in [0.4, 0.5) is 16.8 Å². The number of hydrogen-bond acceptors (Lipinski definition) is 8. The third-order valence-corrected chi connectivity index (χ3v) is 6.59. The van der Waals surface area contributed by atoms with Crippen LogP contribution in [0.2, 0.25) is 0 Å². The van der Waals surface area contributed by atoms with E-state index in [1.165, 1.54) is 15.8 Å². The lowest BCUT2D eigenvalue weighted by atomic mass is 10.1. The summed E-state index contributed by atoms with van der Waals surface area (Å²) in [5, 5.41) is 6.41. The second kappa shape index (κ2) is 9.97. The number of nitrogens with one attached hydrogen (secondary N) is 1. The van der Waals surface area contributed by atoms with Crippen LogP contribution in [0.1, 0.15) is 5.56 Å². The number of thiazole rings is 1. The molecule has 170 valence electrons. The van der Waals surface area contributed by atoms with Crippen molar-refractivity contribution >= 4 is 45.0 Å². The van der Waals surface area contributed by atoms with Crippen molar-refractivity contribution in [3.05, 3.63) is 67.1 Å². The molecule has 1 aliphatic rings. The molecule has 7 nitrogen and oxygen atoms in total. The molecule has 3 aromatic heterocycles. The van der Waals surface area contributed by atoms with E-state index in [1.54, 1.807) is 17.5 Å². The summed E-state index contributed by atoms with van der Waals surface area (Å²) in [5.74, 6) is 1.88. The van der Waals surface area contributed by atoms with E-state index in [1.807, 2.05) is 56.6 Å². The molecule has 0 saturated carbocycles. The Hall–Kier alpha value is -3.49. The molecule has 0 amide bonds. The van der Waals surface area contributed by atoms with Crippen LogP contribution >= 0.6 is 11.3 Å². The van der Waals surface area contributed by atoms with Gasteiger partial charge in [-0.2, -0.15) is 0 Å². The van der Waals surface area contributed by atoms with Gasteiger partial charge in [0.05, 0.1) is 4.88 Å². The molecule has 4 heterocycles. The lowest BCUT2D eigenvalue weighted by Gasteiger charge is -2.37. The third kappa shape index (κ3) is 5.30. The Labute approximate surface area is 198 Å². The van der Waals surface area contributed by atoms with E-state index in [4.69, 9.17) is 5.73 Å². The van der Waals surface area contributed by atoms with E-state index in [-0.39, 0.29) is 0 Å². The smallest absolute Gasteiger partial charge is 0.185 e. The lowest BCUT2D eigenvalue weighted by Crippen LogP contribution is -2.56. The highest BCUT2D eigenvalue weighted by atomic mass is 32.1. The van der Waals surface area contributed by atoms with Crippen LogP contribution in [0.3, 0.4) is 0 Å². The normalized spacial score (nSPS) is 13.2. The minimum Gasteiger partial charge on any atom is -0.373 e. The van der Waals surface area contributed by atoms with Gasteiger partial charge in [0.25, 0.3) is 0 Å². The molecule has 0 unspecified atom stereocenters. The van der Waals surface area contributed by atoms with Crippen LogP contribution in [0.5, 0.6) is 0 Å². The lowest BCUT2D eigenvalue weighted by molar-refractivity contribution is 0.514. The summed E-state index contributed by atoms with van der Waals surface area (Å²) in [6, 6.07) is 12.8. The summed E-state index contributed by atoms with van der Waals surface area (Å²) in [5.41, 5.74) is 7.98. The SMILES string of the molecule is C=Cc1ccnc(N2CC(N)C2)c1.CNc1cc2cc(-c3cnc(N(C)C)s3)ccc2cn1. The summed E-state index contributed by atoms with van der Waals surface area (Å²) in [4.78, 5) is 18.4. The molecule has 1 aromatic carbocycles. The van der Waals surface area contributed by atoms with Crippen molar-refractivity contribution in [3.8, 4) is 10.4 Å². The van der Waals surface area contributed by atoms with Gasteiger partial charge in [0.2, 0.25) is 0 Å². The number of nitrogens with two attached hydrogens (primary N) is 1. The highest BCUT2D eigenvalue weighted by Gasteiger charge is 2.23. The first kappa shape index (κ1) is 22.7. The average molecular weight is 460 g/mol. The molecule has 1 aliphatic heterocycles. The van der Waals surface area contributed by atoms with Crippen LogP contribution < -0.4 is 20.9 Å². The first-order valence-corrected chi connectivity index (χ1v) is 11.6. The second-order valence-electron chi connectivity index (χ2n) is 8.10. The Kier molecular flexibility index (Phi) is 6.86. The van der Waals surface area contributed by atoms with Gasteiger partial charge >= 0.3 is 0 Å². The molecule has 8 heteroatoms. The highest BCUT2D eigenvalue weighted by Crippen LogP contribution is 2.32. The van der Waals surface area contributed by atoms with Gasteiger partial charge in [-0.05, 0) is 40.8 Å². The zero-order valence-electron chi connectivity index (χ0n) is 19.2. The van der Waals surface area contributed by atoms with Crippen molar-refractivity contribution < 1.29 is 0 Å². The van der Waals surface area contributed by atoms with Crippen LogP contribution in [0.25, 0.3) is 27.3 Å². The van der Waals surface area contributed by atoms with Gasteiger partial charge in [0, 0.05) is 64.3 Å². The quantitative estimate of drug-likeness (QED) is 0.459. The maximum absolute atomic E-state index is 5.69. The predicted molar refractivity (Wildman–Crippen MR) is 141 cm³/mol.